The highest BCUT2D eigenvalue weighted by Crippen LogP contribution is 2.00. The molecule has 0 saturated heterocycles. The predicted octanol–water partition coefficient (Wildman–Crippen LogP) is 2.96. The molecule has 1 aromatic heterocycles. The molecule has 0 aliphatic carbocycles. The summed E-state index contributed by atoms with van der Waals surface area (Å²) in [6, 6.07) is 3.88. The molecule has 0 aromatic carbocycles. The zero-order valence-corrected chi connectivity index (χ0v) is 10.4. The third-order valence-corrected chi connectivity index (χ3v) is 2.46. The van der Waals surface area contributed by atoms with Crippen molar-refractivity contribution in [1.82, 2.24) is 5.32 Å². The Kier molecular flexibility index (Phi) is 6.93. The molecular formula is C13H23NO2. The summed E-state index contributed by atoms with van der Waals surface area (Å²) in [5, 5.41) is 3.31. The van der Waals surface area contributed by atoms with E-state index in [0.29, 0.717) is 0 Å². The van der Waals surface area contributed by atoms with E-state index >= 15 is 0 Å². The van der Waals surface area contributed by atoms with Crippen LogP contribution in [-0.4, -0.2) is 19.3 Å². The zero-order valence-electron chi connectivity index (χ0n) is 10.4. The monoisotopic (exact) mass is 225 g/mol. The van der Waals surface area contributed by atoms with E-state index in [2.05, 4.69) is 19.2 Å². The Morgan fingerprint density at radius 3 is 3.00 bits per heavy atom. The molecule has 1 atom stereocenters. The summed E-state index contributed by atoms with van der Waals surface area (Å²) in [5.74, 6) is 0.971. The average molecular weight is 225 g/mol. The van der Waals surface area contributed by atoms with Crippen LogP contribution in [0.2, 0.25) is 0 Å². The van der Waals surface area contributed by atoms with E-state index in [1.54, 1.807) is 6.26 Å². The third-order valence-electron chi connectivity index (χ3n) is 2.46. The Morgan fingerprint density at radius 2 is 2.31 bits per heavy atom. The van der Waals surface area contributed by atoms with Gasteiger partial charge in [0.05, 0.1) is 18.9 Å². The summed E-state index contributed by atoms with van der Waals surface area (Å²) in [5.41, 5.74) is 0. The van der Waals surface area contributed by atoms with Gasteiger partial charge >= 0.3 is 0 Å². The fourth-order valence-corrected chi connectivity index (χ4v) is 1.51. The lowest BCUT2D eigenvalue weighted by Gasteiger charge is -2.13. The van der Waals surface area contributed by atoms with Gasteiger partial charge in [-0.25, -0.2) is 0 Å². The van der Waals surface area contributed by atoms with Gasteiger partial charge in [-0.1, -0.05) is 19.8 Å². The van der Waals surface area contributed by atoms with E-state index < -0.39 is 0 Å². The standard InChI is InChI=1S/C13H23NO2/c1-3-4-5-8-15-12(2)10-14-11-13-7-6-9-16-13/h6-7,9,12,14H,3-5,8,10-11H2,1-2H3. The van der Waals surface area contributed by atoms with Crippen LogP contribution in [0.3, 0.4) is 0 Å². The van der Waals surface area contributed by atoms with E-state index in [-0.39, 0.29) is 6.10 Å². The van der Waals surface area contributed by atoms with Crippen LogP contribution in [0.15, 0.2) is 22.8 Å². The molecule has 0 aliphatic rings. The van der Waals surface area contributed by atoms with Crippen molar-refractivity contribution in [3.63, 3.8) is 0 Å². The maximum atomic E-state index is 5.67. The number of rotatable bonds is 9. The molecule has 1 aromatic rings. The summed E-state index contributed by atoms with van der Waals surface area (Å²) >= 11 is 0. The van der Waals surface area contributed by atoms with E-state index in [0.717, 1.165) is 25.5 Å². The fraction of sp³-hybridized carbons (Fsp3) is 0.692. The summed E-state index contributed by atoms with van der Waals surface area (Å²) in [6.45, 7) is 6.81. The smallest absolute Gasteiger partial charge is 0.117 e. The molecule has 0 radical (unpaired) electrons. The number of ether oxygens (including phenoxy) is 1. The molecule has 1 heterocycles. The van der Waals surface area contributed by atoms with Crippen molar-refractivity contribution < 1.29 is 9.15 Å². The van der Waals surface area contributed by atoms with Crippen LogP contribution in [0.25, 0.3) is 0 Å². The van der Waals surface area contributed by atoms with Crippen LogP contribution in [-0.2, 0) is 11.3 Å². The first-order valence-corrected chi connectivity index (χ1v) is 6.17. The molecule has 1 unspecified atom stereocenters. The first-order valence-electron chi connectivity index (χ1n) is 6.17. The van der Waals surface area contributed by atoms with Crippen molar-refractivity contribution in [3.8, 4) is 0 Å². The maximum absolute atomic E-state index is 5.67. The van der Waals surface area contributed by atoms with Crippen molar-refractivity contribution >= 4 is 0 Å². The molecule has 0 spiro atoms. The second-order valence-electron chi connectivity index (χ2n) is 4.10. The van der Waals surface area contributed by atoms with E-state index in [1.807, 2.05) is 12.1 Å². The number of hydrogen-bond acceptors (Lipinski definition) is 3. The van der Waals surface area contributed by atoms with Crippen LogP contribution < -0.4 is 5.32 Å². The lowest BCUT2D eigenvalue weighted by molar-refractivity contribution is 0.0628. The fourth-order valence-electron chi connectivity index (χ4n) is 1.51. The van der Waals surface area contributed by atoms with Crippen LogP contribution in [0.5, 0.6) is 0 Å². The summed E-state index contributed by atoms with van der Waals surface area (Å²) in [6.07, 6.45) is 5.63. The molecule has 0 amide bonds. The lowest BCUT2D eigenvalue weighted by atomic mass is 10.3. The molecule has 1 rings (SSSR count). The second kappa shape index (κ2) is 8.36. The summed E-state index contributed by atoms with van der Waals surface area (Å²) in [7, 11) is 0. The van der Waals surface area contributed by atoms with Crippen molar-refractivity contribution in [2.45, 2.75) is 45.8 Å². The normalized spacial score (nSPS) is 12.9. The van der Waals surface area contributed by atoms with E-state index in [1.165, 1.54) is 19.3 Å². The molecule has 3 heteroatoms. The van der Waals surface area contributed by atoms with Gasteiger partial charge in [-0.3, -0.25) is 0 Å². The Bertz CT molecular complexity index is 246. The highest BCUT2D eigenvalue weighted by Gasteiger charge is 2.02. The Hall–Kier alpha value is -0.800. The van der Waals surface area contributed by atoms with Gasteiger partial charge in [-0.05, 0) is 25.5 Å². The second-order valence-corrected chi connectivity index (χ2v) is 4.10. The lowest BCUT2D eigenvalue weighted by Crippen LogP contribution is -2.26. The Morgan fingerprint density at radius 1 is 1.44 bits per heavy atom. The molecule has 0 aliphatic heterocycles. The topological polar surface area (TPSA) is 34.4 Å². The van der Waals surface area contributed by atoms with Gasteiger partial charge in [-0.15, -0.1) is 0 Å². The van der Waals surface area contributed by atoms with Gasteiger partial charge in [0.2, 0.25) is 0 Å². The van der Waals surface area contributed by atoms with Crippen molar-refractivity contribution in [1.29, 1.82) is 0 Å². The minimum absolute atomic E-state index is 0.270. The van der Waals surface area contributed by atoms with Crippen LogP contribution in [0, 0.1) is 0 Å². The highest BCUT2D eigenvalue weighted by molar-refractivity contribution is 4.97. The molecular weight excluding hydrogens is 202 g/mol. The van der Waals surface area contributed by atoms with Crippen molar-refractivity contribution in [2.24, 2.45) is 0 Å². The average Bonchev–Trinajstić information content (AvgIpc) is 2.77. The number of hydrogen-bond donors (Lipinski definition) is 1. The number of furan rings is 1. The quantitative estimate of drug-likeness (QED) is 0.656. The van der Waals surface area contributed by atoms with Gasteiger partial charge in [-0.2, -0.15) is 0 Å². The van der Waals surface area contributed by atoms with Gasteiger partial charge in [0.1, 0.15) is 5.76 Å². The van der Waals surface area contributed by atoms with Crippen LogP contribution in [0.1, 0.15) is 38.9 Å². The van der Waals surface area contributed by atoms with Crippen LogP contribution in [0.4, 0.5) is 0 Å². The van der Waals surface area contributed by atoms with Gasteiger partial charge in [0, 0.05) is 13.2 Å². The molecule has 92 valence electrons. The third kappa shape index (κ3) is 5.93. The van der Waals surface area contributed by atoms with Crippen molar-refractivity contribution in [3.05, 3.63) is 24.2 Å². The maximum Gasteiger partial charge on any atom is 0.117 e. The predicted molar refractivity (Wildman–Crippen MR) is 65.4 cm³/mol. The SMILES string of the molecule is CCCCCOC(C)CNCc1ccco1. The van der Waals surface area contributed by atoms with Gasteiger partial charge in [0.25, 0.3) is 0 Å². The summed E-state index contributed by atoms with van der Waals surface area (Å²) < 4.78 is 10.9. The number of nitrogens with one attached hydrogen (secondary N) is 1. The zero-order chi connectivity index (χ0) is 11.6. The molecule has 0 fully saturated rings. The number of unbranched alkanes of at least 4 members (excludes halogenated alkanes) is 2. The molecule has 0 bridgehead atoms. The van der Waals surface area contributed by atoms with Gasteiger partial charge < -0.3 is 14.5 Å². The van der Waals surface area contributed by atoms with Crippen LogP contribution >= 0.6 is 0 Å². The highest BCUT2D eigenvalue weighted by atomic mass is 16.5. The molecule has 3 nitrogen and oxygen atoms in total. The Balaban J connectivity index is 1.95. The van der Waals surface area contributed by atoms with Crippen molar-refractivity contribution in [2.75, 3.05) is 13.2 Å². The molecule has 1 N–H and O–H groups in total. The first kappa shape index (κ1) is 13.3. The van der Waals surface area contributed by atoms with Gasteiger partial charge in [0.15, 0.2) is 0 Å². The first-order chi connectivity index (χ1) is 7.83. The van der Waals surface area contributed by atoms with E-state index in [4.69, 9.17) is 9.15 Å². The minimum atomic E-state index is 0.270. The largest absolute Gasteiger partial charge is 0.468 e. The van der Waals surface area contributed by atoms with E-state index in [9.17, 15) is 0 Å². The Labute approximate surface area is 98.2 Å². The summed E-state index contributed by atoms with van der Waals surface area (Å²) in [4.78, 5) is 0. The molecule has 16 heavy (non-hydrogen) atoms. The minimum Gasteiger partial charge on any atom is -0.468 e. The molecule has 0 saturated carbocycles.